The highest BCUT2D eigenvalue weighted by Crippen LogP contribution is 2.39. The molecule has 0 saturated carbocycles. The van der Waals surface area contributed by atoms with Gasteiger partial charge in [-0.2, -0.15) is 16.1 Å². The van der Waals surface area contributed by atoms with Crippen LogP contribution in [0.15, 0.2) is 4.90 Å². The van der Waals surface area contributed by atoms with Crippen LogP contribution in [-0.4, -0.2) is 34.7 Å². The van der Waals surface area contributed by atoms with Crippen LogP contribution < -0.4 is 10.6 Å². The molecule has 0 spiro atoms. The van der Waals surface area contributed by atoms with Gasteiger partial charge in [0.25, 0.3) is 0 Å². The Bertz CT molecular complexity index is 339. The zero-order valence-electron chi connectivity index (χ0n) is 8.90. The predicted molar refractivity (Wildman–Crippen MR) is 72.4 cm³/mol. The third-order valence-corrected chi connectivity index (χ3v) is 5.52. The van der Waals surface area contributed by atoms with Crippen molar-refractivity contribution in [2.24, 2.45) is 0 Å². The standard InChI is InChI=1S/C9H15N3S3/c1-6-5-14-4-3-12(6)9-7(13-2)8(10)11-15-9/h6H,3-5H2,1-2H3,(H2,10,11). The molecule has 1 aliphatic rings. The van der Waals surface area contributed by atoms with E-state index in [2.05, 4.69) is 22.5 Å². The third kappa shape index (κ3) is 2.21. The summed E-state index contributed by atoms with van der Waals surface area (Å²) in [5.74, 6) is 3.09. The summed E-state index contributed by atoms with van der Waals surface area (Å²) < 4.78 is 4.25. The Morgan fingerprint density at radius 2 is 2.40 bits per heavy atom. The summed E-state index contributed by atoms with van der Waals surface area (Å²) in [6.07, 6.45) is 2.06. The normalized spacial score (nSPS) is 22.0. The van der Waals surface area contributed by atoms with E-state index < -0.39 is 0 Å². The van der Waals surface area contributed by atoms with Crippen LogP contribution in [0.2, 0.25) is 0 Å². The molecule has 2 rings (SSSR count). The average molecular weight is 261 g/mol. The van der Waals surface area contributed by atoms with Crippen LogP contribution >= 0.6 is 35.1 Å². The highest BCUT2D eigenvalue weighted by atomic mass is 32.2. The number of anilines is 2. The second-order valence-electron chi connectivity index (χ2n) is 3.52. The molecule has 84 valence electrons. The van der Waals surface area contributed by atoms with Crippen molar-refractivity contribution in [3.63, 3.8) is 0 Å². The molecule has 0 amide bonds. The molecule has 2 heterocycles. The van der Waals surface area contributed by atoms with Crippen molar-refractivity contribution in [1.82, 2.24) is 4.37 Å². The molecule has 0 bridgehead atoms. The van der Waals surface area contributed by atoms with E-state index >= 15 is 0 Å². The fourth-order valence-electron chi connectivity index (χ4n) is 1.69. The molecule has 0 aliphatic carbocycles. The molecule has 1 aliphatic heterocycles. The van der Waals surface area contributed by atoms with Gasteiger partial charge in [0, 0.05) is 24.1 Å². The highest BCUT2D eigenvalue weighted by molar-refractivity contribution is 7.99. The fourth-order valence-corrected chi connectivity index (χ4v) is 4.51. The highest BCUT2D eigenvalue weighted by Gasteiger charge is 2.24. The molecular weight excluding hydrogens is 246 g/mol. The van der Waals surface area contributed by atoms with Gasteiger partial charge in [0.1, 0.15) is 5.00 Å². The van der Waals surface area contributed by atoms with E-state index in [-0.39, 0.29) is 0 Å². The van der Waals surface area contributed by atoms with E-state index in [1.165, 1.54) is 28.0 Å². The van der Waals surface area contributed by atoms with E-state index in [0.717, 1.165) is 11.4 Å². The van der Waals surface area contributed by atoms with E-state index in [1.54, 1.807) is 11.8 Å². The van der Waals surface area contributed by atoms with Crippen molar-refractivity contribution in [3.8, 4) is 0 Å². The Morgan fingerprint density at radius 1 is 1.60 bits per heavy atom. The van der Waals surface area contributed by atoms with Crippen molar-refractivity contribution in [2.45, 2.75) is 17.9 Å². The van der Waals surface area contributed by atoms with E-state index in [1.807, 2.05) is 11.8 Å². The molecule has 1 aromatic rings. The SMILES string of the molecule is CSc1c(N)nsc1N1CCSCC1C. The second kappa shape index (κ2) is 4.84. The number of rotatable bonds is 2. The molecule has 0 aromatic carbocycles. The van der Waals surface area contributed by atoms with Crippen molar-refractivity contribution in [3.05, 3.63) is 0 Å². The van der Waals surface area contributed by atoms with Gasteiger partial charge in [-0.15, -0.1) is 11.8 Å². The lowest BCUT2D eigenvalue weighted by molar-refractivity contribution is 0.701. The fraction of sp³-hybridized carbons (Fsp3) is 0.667. The van der Waals surface area contributed by atoms with Crippen molar-refractivity contribution >= 4 is 45.9 Å². The van der Waals surface area contributed by atoms with Gasteiger partial charge in [0.05, 0.1) is 4.90 Å². The number of hydrogen-bond acceptors (Lipinski definition) is 6. The minimum atomic E-state index is 0.592. The Kier molecular flexibility index (Phi) is 3.69. The van der Waals surface area contributed by atoms with Crippen LogP contribution in [0, 0.1) is 0 Å². The topological polar surface area (TPSA) is 42.1 Å². The number of aromatic nitrogens is 1. The van der Waals surface area contributed by atoms with Crippen molar-refractivity contribution in [1.29, 1.82) is 0 Å². The molecule has 1 saturated heterocycles. The number of nitrogens with two attached hydrogens (primary N) is 1. The molecule has 1 unspecified atom stereocenters. The summed E-state index contributed by atoms with van der Waals surface area (Å²) in [4.78, 5) is 3.59. The zero-order chi connectivity index (χ0) is 10.8. The van der Waals surface area contributed by atoms with Gasteiger partial charge in [-0.1, -0.05) is 0 Å². The van der Waals surface area contributed by atoms with Crippen LogP contribution in [0.25, 0.3) is 0 Å². The van der Waals surface area contributed by atoms with Crippen LogP contribution in [0.4, 0.5) is 10.8 Å². The lowest BCUT2D eigenvalue weighted by Gasteiger charge is -2.34. The Hall–Kier alpha value is -0.0700. The molecular formula is C9H15N3S3. The molecule has 6 heteroatoms. The molecule has 15 heavy (non-hydrogen) atoms. The van der Waals surface area contributed by atoms with Crippen molar-refractivity contribution in [2.75, 3.05) is 34.9 Å². The summed E-state index contributed by atoms with van der Waals surface area (Å²) in [5, 5.41) is 1.26. The van der Waals surface area contributed by atoms with Gasteiger partial charge in [0.2, 0.25) is 0 Å². The quantitative estimate of drug-likeness (QED) is 0.828. The van der Waals surface area contributed by atoms with Crippen molar-refractivity contribution < 1.29 is 0 Å². The zero-order valence-corrected chi connectivity index (χ0v) is 11.3. The summed E-state index contributed by atoms with van der Waals surface area (Å²) in [6.45, 7) is 3.38. The van der Waals surface area contributed by atoms with Crippen LogP contribution in [0.3, 0.4) is 0 Å². The average Bonchev–Trinajstić information content (AvgIpc) is 2.60. The van der Waals surface area contributed by atoms with Gasteiger partial charge < -0.3 is 10.6 Å². The first-order chi connectivity index (χ1) is 7.24. The molecule has 1 aromatic heterocycles. The minimum absolute atomic E-state index is 0.592. The monoisotopic (exact) mass is 261 g/mol. The summed E-state index contributed by atoms with van der Waals surface area (Å²) in [6, 6.07) is 0.592. The lowest BCUT2D eigenvalue weighted by Crippen LogP contribution is -2.40. The molecule has 0 radical (unpaired) electrons. The summed E-state index contributed by atoms with van der Waals surface area (Å²) in [5.41, 5.74) is 5.85. The van der Waals surface area contributed by atoms with Gasteiger partial charge in [-0.3, -0.25) is 0 Å². The van der Waals surface area contributed by atoms with Gasteiger partial charge in [-0.25, -0.2) is 0 Å². The van der Waals surface area contributed by atoms with Gasteiger partial charge in [0.15, 0.2) is 5.82 Å². The third-order valence-electron chi connectivity index (χ3n) is 2.49. The number of thioether (sulfide) groups is 2. The number of hydrogen-bond donors (Lipinski definition) is 1. The van der Waals surface area contributed by atoms with E-state index in [0.29, 0.717) is 11.9 Å². The predicted octanol–water partition coefficient (Wildman–Crippen LogP) is 2.39. The molecule has 1 fully saturated rings. The maximum absolute atomic E-state index is 5.85. The molecule has 2 N–H and O–H groups in total. The molecule has 3 nitrogen and oxygen atoms in total. The first kappa shape index (κ1) is 11.4. The van der Waals surface area contributed by atoms with Gasteiger partial charge >= 0.3 is 0 Å². The van der Waals surface area contributed by atoms with E-state index in [9.17, 15) is 0 Å². The van der Waals surface area contributed by atoms with Gasteiger partial charge in [-0.05, 0) is 24.7 Å². The minimum Gasteiger partial charge on any atom is -0.382 e. The van der Waals surface area contributed by atoms with Crippen LogP contribution in [0.5, 0.6) is 0 Å². The maximum Gasteiger partial charge on any atom is 0.153 e. The second-order valence-corrected chi connectivity index (χ2v) is 6.24. The molecule has 1 atom stereocenters. The largest absolute Gasteiger partial charge is 0.382 e. The lowest BCUT2D eigenvalue weighted by atomic mass is 10.3. The first-order valence-corrected chi connectivity index (χ1v) is 8.03. The van der Waals surface area contributed by atoms with Crippen LogP contribution in [-0.2, 0) is 0 Å². The van der Waals surface area contributed by atoms with E-state index in [4.69, 9.17) is 5.73 Å². The number of nitrogen functional groups attached to an aromatic ring is 1. The Balaban J connectivity index is 2.27. The number of nitrogens with zero attached hydrogens (tertiary/aromatic N) is 2. The first-order valence-electron chi connectivity index (χ1n) is 4.87. The summed E-state index contributed by atoms with van der Waals surface area (Å²) >= 11 is 5.26. The summed E-state index contributed by atoms with van der Waals surface area (Å²) in [7, 11) is 0. The maximum atomic E-state index is 5.85. The smallest absolute Gasteiger partial charge is 0.153 e. The Morgan fingerprint density at radius 3 is 3.07 bits per heavy atom. The van der Waals surface area contributed by atoms with Crippen LogP contribution in [0.1, 0.15) is 6.92 Å². The Labute approximate surface area is 103 Å².